The minimum atomic E-state index is -4.63. The van der Waals surface area contributed by atoms with Gasteiger partial charge < -0.3 is 5.11 Å². The van der Waals surface area contributed by atoms with Crippen LogP contribution in [-0.2, 0) is 10.0 Å². The zero-order chi connectivity index (χ0) is 13.3. The maximum absolute atomic E-state index is 12.2. The van der Waals surface area contributed by atoms with E-state index in [1.807, 2.05) is 0 Å². The molecule has 1 aliphatic heterocycles. The lowest BCUT2D eigenvalue weighted by Crippen LogP contribution is -2.41. The summed E-state index contributed by atoms with van der Waals surface area (Å²) in [7, 11) is -3.36. The second-order valence-electron chi connectivity index (χ2n) is 4.42. The summed E-state index contributed by atoms with van der Waals surface area (Å²) in [5.74, 6) is -0.435. The molecule has 0 aromatic rings. The van der Waals surface area contributed by atoms with Gasteiger partial charge in [0.05, 0.1) is 6.26 Å². The lowest BCUT2D eigenvalue weighted by Gasteiger charge is -2.32. The Morgan fingerprint density at radius 2 is 2.06 bits per heavy atom. The zero-order valence-corrected chi connectivity index (χ0v) is 10.3. The number of rotatable bonds is 3. The van der Waals surface area contributed by atoms with Crippen LogP contribution in [0.2, 0.25) is 0 Å². The van der Waals surface area contributed by atoms with Gasteiger partial charge in [0, 0.05) is 13.1 Å². The number of nitrogens with zero attached hydrogens (tertiary/aromatic N) is 1. The molecule has 102 valence electrons. The Hall–Kier alpha value is -0.340. The molecular formula is C9H16F3NO3S. The fourth-order valence-corrected chi connectivity index (χ4v) is 2.91. The standard InChI is InChI=1S/C9H16F3NO3S/c1-17(15,16)13-4-2-3-7(6-13)5-8(14)9(10,11)12/h7-8,14H,2-6H2,1H3/t7?,8-/m0/s1. The minimum absolute atomic E-state index is 0.0615. The molecule has 8 heteroatoms. The summed E-state index contributed by atoms with van der Waals surface area (Å²) in [5, 5.41) is 8.93. The van der Waals surface area contributed by atoms with Crippen molar-refractivity contribution in [2.45, 2.75) is 31.5 Å². The van der Waals surface area contributed by atoms with E-state index in [2.05, 4.69) is 0 Å². The van der Waals surface area contributed by atoms with Crippen molar-refractivity contribution in [1.82, 2.24) is 4.31 Å². The Labute approximate surface area is 98.5 Å². The predicted molar refractivity (Wildman–Crippen MR) is 55.8 cm³/mol. The normalized spacial score (nSPS) is 25.8. The van der Waals surface area contributed by atoms with Gasteiger partial charge in [-0.05, 0) is 25.2 Å². The molecule has 17 heavy (non-hydrogen) atoms. The third-order valence-electron chi connectivity index (χ3n) is 2.89. The first-order valence-corrected chi connectivity index (χ1v) is 7.15. The smallest absolute Gasteiger partial charge is 0.384 e. The largest absolute Gasteiger partial charge is 0.414 e. The highest BCUT2D eigenvalue weighted by Gasteiger charge is 2.40. The lowest BCUT2D eigenvalue weighted by molar-refractivity contribution is -0.209. The van der Waals surface area contributed by atoms with Crippen LogP contribution in [0.3, 0.4) is 0 Å². The fraction of sp³-hybridized carbons (Fsp3) is 1.00. The molecule has 0 amide bonds. The van der Waals surface area contributed by atoms with Crippen molar-refractivity contribution in [3.8, 4) is 0 Å². The Balaban J connectivity index is 2.57. The van der Waals surface area contributed by atoms with E-state index in [1.165, 1.54) is 4.31 Å². The van der Waals surface area contributed by atoms with Gasteiger partial charge in [-0.15, -0.1) is 0 Å². The van der Waals surface area contributed by atoms with Crippen LogP contribution in [0, 0.1) is 5.92 Å². The van der Waals surface area contributed by atoms with Gasteiger partial charge in [0.2, 0.25) is 10.0 Å². The van der Waals surface area contributed by atoms with Gasteiger partial charge >= 0.3 is 6.18 Å². The Morgan fingerprint density at radius 3 is 2.53 bits per heavy atom. The molecule has 1 heterocycles. The van der Waals surface area contributed by atoms with E-state index in [0.29, 0.717) is 19.4 Å². The topological polar surface area (TPSA) is 57.6 Å². The van der Waals surface area contributed by atoms with Gasteiger partial charge in [-0.25, -0.2) is 12.7 Å². The lowest BCUT2D eigenvalue weighted by atomic mass is 9.93. The van der Waals surface area contributed by atoms with Gasteiger partial charge in [0.15, 0.2) is 0 Å². The van der Waals surface area contributed by atoms with E-state index in [-0.39, 0.29) is 6.54 Å². The monoisotopic (exact) mass is 275 g/mol. The number of hydrogen-bond donors (Lipinski definition) is 1. The number of hydrogen-bond acceptors (Lipinski definition) is 3. The first-order chi connectivity index (χ1) is 7.60. The zero-order valence-electron chi connectivity index (χ0n) is 9.44. The van der Waals surface area contributed by atoms with Crippen molar-refractivity contribution in [1.29, 1.82) is 0 Å². The van der Waals surface area contributed by atoms with Gasteiger partial charge in [0.1, 0.15) is 6.10 Å². The summed E-state index contributed by atoms with van der Waals surface area (Å²) in [4.78, 5) is 0. The first kappa shape index (κ1) is 14.7. The number of aliphatic hydroxyl groups excluding tert-OH is 1. The maximum atomic E-state index is 12.2. The summed E-state index contributed by atoms with van der Waals surface area (Å²) >= 11 is 0. The molecule has 0 aromatic carbocycles. The van der Waals surface area contributed by atoms with Crippen molar-refractivity contribution in [2.24, 2.45) is 5.92 Å². The molecule has 1 aliphatic rings. The summed E-state index contributed by atoms with van der Waals surface area (Å²) in [5.41, 5.74) is 0. The summed E-state index contributed by atoms with van der Waals surface area (Å²) in [6.45, 7) is 0.406. The van der Waals surface area contributed by atoms with Crippen molar-refractivity contribution in [2.75, 3.05) is 19.3 Å². The van der Waals surface area contributed by atoms with Crippen LogP contribution in [-0.4, -0.2) is 49.5 Å². The quantitative estimate of drug-likeness (QED) is 0.835. The second-order valence-corrected chi connectivity index (χ2v) is 6.40. The van der Waals surface area contributed by atoms with E-state index >= 15 is 0 Å². The molecular weight excluding hydrogens is 259 g/mol. The van der Waals surface area contributed by atoms with Crippen molar-refractivity contribution in [3.05, 3.63) is 0 Å². The number of halogens is 3. The van der Waals surface area contributed by atoms with Crippen LogP contribution >= 0.6 is 0 Å². The molecule has 0 radical (unpaired) electrons. The third kappa shape index (κ3) is 4.44. The molecule has 1 unspecified atom stereocenters. The number of sulfonamides is 1. The van der Waals surface area contributed by atoms with Crippen LogP contribution in [0.5, 0.6) is 0 Å². The average Bonchev–Trinajstić information content (AvgIpc) is 2.15. The van der Waals surface area contributed by atoms with Gasteiger partial charge in [-0.1, -0.05) is 0 Å². The van der Waals surface area contributed by atoms with Crippen LogP contribution in [0.25, 0.3) is 0 Å². The number of aliphatic hydroxyl groups is 1. The van der Waals surface area contributed by atoms with E-state index in [1.54, 1.807) is 0 Å². The SMILES string of the molecule is CS(=O)(=O)N1CCCC(C[C@H](O)C(F)(F)F)C1. The highest BCUT2D eigenvalue weighted by molar-refractivity contribution is 7.88. The molecule has 1 fully saturated rings. The molecule has 4 nitrogen and oxygen atoms in total. The van der Waals surface area contributed by atoms with Crippen molar-refractivity contribution in [3.63, 3.8) is 0 Å². The summed E-state index contributed by atoms with van der Waals surface area (Å²) < 4.78 is 60.1. The van der Waals surface area contributed by atoms with E-state index in [4.69, 9.17) is 5.11 Å². The predicted octanol–water partition coefficient (Wildman–Crippen LogP) is 0.971. The average molecular weight is 275 g/mol. The molecule has 1 rings (SSSR count). The highest BCUT2D eigenvalue weighted by Crippen LogP contribution is 2.29. The number of piperidine rings is 1. The van der Waals surface area contributed by atoms with Crippen LogP contribution in [0.4, 0.5) is 13.2 Å². The molecule has 2 atom stereocenters. The Kier molecular flexibility index (Phi) is 4.43. The highest BCUT2D eigenvalue weighted by atomic mass is 32.2. The molecule has 0 bridgehead atoms. The number of alkyl halides is 3. The maximum Gasteiger partial charge on any atom is 0.414 e. The Morgan fingerprint density at radius 1 is 1.47 bits per heavy atom. The molecule has 1 N–H and O–H groups in total. The van der Waals surface area contributed by atoms with E-state index < -0.39 is 34.6 Å². The van der Waals surface area contributed by atoms with Gasteiger partial charge in [-0.3, -0.25) is 0 Å². The Bertz CT molecular complexity index is 355. The van der Waals surface area contributed by atoms with Gasteiger partial charge in [-0.2, -0.15) is 13.2 Å². The van der Waals surface area contributed by atoms with E-state index in [0.717, 1.165) is 6.26 Å². The molecule has 0 aromatic heterocycles. The van der Waals surface area contributed by atoms with Crippen LogP contribution < -0.4 is 0 Å². The van der Waals surface area contributed by atoms with Crippen LogP contribution in [0.1, 0.15) is 19.3 Å². The molecule has 1 saturated heterocycles. The van der Waals surface area contributed by atoms with Crippen LogP contribution in [0.15, 0.2) is 0 Å². The third-order valence-corrected chi connectivity index (χ3v) is 4.15. The summed E-state index contributed by atoms with van der Waals surface area (Å²) in [6, 6.07) is 0. The second kappa shape index (κ2) is 5.11. The molecule has 0 saturated carbocycles. The molecule has 0 spiro atoms. The van der Waals surface area contributed by atoms with E-state index in [9.17, 15) is 21.6 Å². The van der Waals surface area contributed by atoms with Crippen molar-refractivity contribution < 1.29 is 26.7 Å². The summed E-state index contributed by atoms with van der Waals surface area (Å²) in [6.07, 6.45) is -5.35. The first-order valence-electron chi connectivity index (χ1n) is 5.30. The van der Waals surface area contributed by atoms with Crippen molar-refractivity contribution >= 4 is 10.0 Å². The fourth-order valence-electron chi connectivity index (χ4n) is 1.97. The molecule has 0 aliphatic carbocycles. The minimum Gasteiger partial charge on any atom is -0.384 e. The van der Waals surface area contributed by atoms with Gasteiger partial charge in [0.25, 0.3) is 0 Å².